The van der Waals surface area contributed by atoms with E-state index in [1.54, 1.807) is 0 Å². The van der Waals surface area contributed by atoms with Gasteiger partial charge in [-0.3, -0.25) is 47.9 Å². The van der Waals surface area contributed by atoms with Gasteiger partial charge in [-0.1, -0.05) is 0 Å². The van der Waals surface area contributed by atoms with Gasteiger partial charge in [-0.25, -0.2) is 0 Å². The Balaban J connectivity index is 2.33. The molecule has 0 aromatic rings. The third-order valence-electron chi connectivity index (χ3n) is 8.84. The second-order valence-corrected chi connectivity index (χ2v) is 14.3. The molecule has 0 radical (unpaired) electrons. The Kier molecular flexibility index (Phi) is 19.8. The molecular weight excluding hydrogens is 872 g/mol. The lowest BCUT2D eigenvalue weighted by atomic mass is 9.95. The Hall–Kier alpha value is -5.54. The summed E-state index contributed by atoms with van der Waals surface area (Å²) in [5.74, 6) is -9.66. The van der Waals surface area contributed by atoms with Gasteiger partial charge < -0.3 is 76.2 Å². The van der Waals surface area contributed by atoms with Crippen molar-refractivity contribution in [3.05, 3.63) is 0 Å². The van der Waals surface area contributed by atoms with E-state index in [9.17, 15) is 53.1 Å². The van der Waals surface area contributed by atoms with Crippen molar-refractivity contribution in [2.75, 3.05) is 19.8 Å². The molecule has 64 heavy (non-hydrogen) atoms. The van der Waals surface area contributed by atoms with E-state index >= 15 is 0 Å². The molecule has 26 heteroatoms. The van der Waals surface area contributed by atoms with Crippen LogP contribution in [0.15, 0.2) is 0 Å². The first-order valence-corrected chi connectivity index (χ1v) is 19.4. The normalized spacial score (nSPS) is 32.3. The van der Waals surface area contributed by atoms with Crippen molar-refractivity contribution >= 4 is 59.7 Å². The van der Waals surface area contributed by atoms with Crippen LogP contribution in [0.2, 0.25) is 0 Å². The standard InChI is InChI=1S/C38H52O26/c1-14(39)50-11-24-27(53-17(4)42)30(33(36(49)60-24)57-21(8)46)63-38-35(59-23(10)48)32(29(55-19(6)44)26(62-38)13-52-16(3)41)64-37-34(58-22(9)47)31(56-20(7)45)28(54-18(5)43)25(61-37)12-51-15(2)40/h24-38,49H,11-13H2,1-10H3/t24-,25-,26-,27-,28-,29-,30+,31+,32+,33-,34-,35-,36-,37+,38+/m1/s1. The van der Waals surface area contributed by atoms with Gasteiger partial charge in [0, 0.05) is 69.2 Å². The lowest BCUT2D eigenvalue weighted by molar-refractivity contribution is -0.380. The first-order valence-electron chi connectivity index (χ1n) is 19.4. The molecule has 360 valence electrons. The molecule has 0 spiro atoms. The van der Waals surface area contributed by atoms with Gasteiger partial charge in [0.2, 0.25) is 0 Å². The lowest BCUT2D eigenvalue weighted by Gasteiger charge is -2.50. The van der Waals surface area contributed by atoms with Crippen LogP contribution in [-0.2, 0) is 119 Å². The van der Waals surface area contributed by atoms with Crippen LogP contribution in [0.5, 0.6) is 0 Å². The smallest absolute Gasteiger partial charge is 0.303 e. The molecule has 0 aromatic heterocycles. The lowest BCUT2D eigenvalue weighted by Crippen LogP contribution is -2.69. The molecule has 3 fully saturated rings. The molecule has 0 amide bonds. The molecule has 0 aromatic carbocycles. The molecule has 3 aliphatic heterocycles. The summed E-state index contributed by atoms with van der Waals surface area (Å²) in [6, 6.07) is 0. The van der Waals surface area contributed by atoms with Crippen molar-refractivity contribution in [3.8, 4) is 0 Å². The number of rotatable bonds is 17. The Morgan fingerprint density at radius 1 is 0.328 bits per heavy atom. The molecular formula is C38H52O26. The minimum Gasteiger partial charge on any atom is -0.463 e. The minimum absolute atomic E-state index is 0.672. The molecule has 26 nitrogen and oxygen atoms in total. The largest absolute Gasteiger partial charge is 0.463 e. The maximum Gasteiger partial charge on any atom is 0.303 e. The summed E-state index contributed by atoms with van der Waals surface area (Å²) in [6.45, 7) is 7.65. The number of hydrogen-bond acceptors (Lipinski definition) is 26. The van der Waals surface area contributed by atoms with Crippen molar-refractivity contribution < 1.29 is 124 Å². The molecule has 15 atom stereocenters. The first-order chi connectivity index (χ1) is 29.9. The van der Waals surface area contributed by atoms with Gasteiger partial charge in [-0.05, 0) is 0 Å². The SMILES string of the molecule is CC(=O)OC[C@H]1O[C@@H](O)[C@H](OC(C)=O)[C@@H](O[C@@H]2O[C@H](COC(C)=O)[C@@H](OC(C)=O)[C@H](O[C@@H]3O[C@H](COC(C)=O)[C@@H](OC(C)=O)[C@H](OC(C)=O)[C@H]3OC(C)=O)[C@H]2OC(C)=O)[C@@H]1OC(C)=O. The van der Waals surface area contributed by atoms with Crippen LogP contribution in [0, 0.1) is 0 Å². The van der Waals surface area contributed by atoms with Crippen molar-refractivity contribution in [2.24, 2.45) is 0 Å². The Labute approximate surface area is 364 Å². The summed E-state index contributed by atoms with van der Waals surface area (Å²) < 4.78 is 84.3. The van der Waals surface area contributed by atoms with Crippen LogP contribution in [0.4, 0.5) is 0 Å². The van der Waals surface area contributed by atoms with Gasteiger partial charge in [0.25, 0.3) is 0 Å². The molecule has 3 saturated heterocycles. The zero-order valence-corrected chi connectivity index (χ0v) is 36.4. The van der Waals surface area contributed by atoms with E-state index in [-0.39, 0.29) is 0 Å². The summed E-state index contributed by atoms with van der Waals surface area (Å²) in [4.78, 5) is 124. The van der Waals surface area contributed by atoms with Crippen LogP contribution in [0.1, 0.15) is 69.2 Å². The van der Waals surface area contributed by atoms with Gasteiger partial charge in [0.05, 0.1) is 0 Å². The summed E-state index contributed by atoms with van der Waals surface area (Å²) in [7, 11) is 0. The van der Waals surface area contributed by atoms with Crippen LogP contribution < -0.4 is 0 Å². The van der Waals surface area contributed by atoms with Crippen molar-refractivity contribution in [1.82, 2.24) is 0 Å². The number of carbonyl (C=O) groups excluding carboxylic acids is 10. The number of carbonyl (C=O) groups is 10. The zero-order chi connectivity index (χ0) is 48.2. The Bertz CT molecular complexity index is 1730. The van der Waals surface area contributed by atoms with E-state index in [1.165, 1.54) is 0 Å². The second-order valence-electron chi connectivity index (χ2n) is 14.3. The number of aliphatic hydroxyl groups excluding tert-OH is 1. The van der Waals surface area contributed by atoms with Gasteiger partial charge in [0.15, 0.2) is 61.6 Å². The average Bonchev–Trinajstić information content (AvgIpc) is 3.15. The summed E-state index contributed by atoms with van der Waals surface area (Å²) in [6.07, 6.45) is -27.7. The highest BCUT2D eigenvalue weighted by molar-refractivity contribution is 5.70. The van der Waals surface area contributed by atoms with E-state index in [2.05, 4.69) is 0 Å². The van der Waals surface area contributed by atoms with Crippen molar-refractivity contribution in [3.63, 3.8) is 0 Å². The number of esters is 10. The van der Waals surface area contributed by atoms with E-state index in [4.69, 9.17) is 71.1 Å². The molecule has 0 bridgehead atoms. The fourth-order valence-electron chi connectivity index (χ4n) is 6.77. The predicted molar refractivity (Wildman–Crippen MR) is 197 cm³/mol. The maximum absolute atomic E-state index is 12.9. The van der Waals surface area contributed by atoms with Gasteiger partial charge in [0.1, 0.15) is 50.3 Å². The topological polar surface area (TPSA) is 329 Å². The van der Waals surface area contributed by atoms with Crippen molar-refractivity contribution in [2.45, 2.75) is 161 Å². The van der Waals surface area contributed by atoms with E-state index in [1.807, 2.05) is 0 Å². The Morgan fingerprint density at radius 2 is 0.578 bits per heavy atom. The fraction of sp³-hybridized carbons (Fsp3) is 0.737. The van der Waals surface area contributed by atoms with E-state index < -0.39 is 172 Å². The van der Waals surface area contributed by atoms with Crippen LogP contribution >= 0.6 is 0 Å². The fourth-order valence-corrected chi connectivity index (χ4v) is 6.77. The first kappa shape index (κ1) is 52.8. The molecule has 3 aliphatic rings. The summed E-state index contributed by atoms with van der Waals surface area (Å²) in [5, 5.41) is 11.1. The van der Waals surface area contributed by atoms with Gasteiger partial charge in [-0.2, -0.15) is 0 Å². The second kappa shape index (κ2) is 23.9. The number of aliphatic hydroxyl groups is 1. The highest BCUT2D eigenvalue weighted by Crippen LogP contribution is 2.38. The third-order valence-corrected chi connectivity index (χ3v) is 8.84. The number of hydrogen-bond donors (Lipinski definition) is 1. The minimum atomic E-state index is -2.09. The zero-order valence-electron chi connectivity index (χ0n) is 36.4. The third kappa shape index (κ3) is 15.6. The highest BCUT2D eigenvalue weighted by Gasteiger charge is 2.60. The van der Waals surface area contributed by atoms with Crippen LogP contribution in [0.3, 0.4) is 0 Å². The molecule has 1 N–H and O–H groups in total. The van der Waals surface area contributed by atoms with Crippen LogP contribution in [0.25, 0.3) is 0 Å². The van der Waals surface area contributed by atoms with Gasteiger partial charge in [-0.15, -0.1) is 0 Å². The van der Waals surface area contributed by atoms with E-state index in [0.29, 0.717) is 0 Å². The Morgan fingerprint density at radius 3 is 0.906 bits per heavy atom. The molecule has 3 heterocycles. The number of ether oxygens (including phenoxy) is 15. The predicted octanol–water partition coefficient (Wildman–Crippen LogP) is -1.86. The quantitative estimate of drug-likeness (QED) is 0.123. The summed E-state index contributed by atoms with van der Waals surface area (Å²) >= 11 is 0. The van der Waals surface area contributed by atoms with Crippen molar-refractivity contribution in [1.29, 1.82) is 0 Å². The molecule has 3 rings (SSSR count). The van der Waals surface area contributed by atoms with Crippen LogP contribution in [-0.4, -0.2) is 177 Å². The molecule has 0 saturated carbocycles. The van der Waals surface area contributed by atoms with Gasteiger partial charge >= 0.3 is 59.7 Å². The summed E-state index contributed by atoms with van der Waals surface area (Å²) in [5.41, 5.74) is 0. The molecule has 0 aliphatic carbocycles. The molecule has 0 unspecified atom stereocenters. The highest BCUT2D eigenvalue weighted by atomic mass is 16.8. The maximum atomic E-state index is 12.9. The average molecular weight is 925 g/mol. The van der Waals surface area contributed by atoms with E-state index in [0.717, 1.165) is 69.2 Å². The monoisotopic (exact) mass is 924 g/mol.